The maximum atomic E-state index is 5.66. The smallest absolute Gasteiger partial charge is 0.164 e. The molecular weight excluding hydrogens is 1100 g/mol. The Morgan fingerprint density at radius 3 is 0.822 bits per heavy atom. The predicted octanol–water partition coefficient (Wildman–Crippen LogP) is 18.0. The molecule has 422 valence electrons. The molecule has 12 heteroatoms. The molecule has 17 aromatic rings. The van der Waals surface area contributed by atoms with Gasteiger partial charge >= 0.3 is 0 Å². The highest BCUT2D eigenvalue weighted by Crippen LogP contribution is 2.46. The lowest BCUT2D eigenvalue weighted by Gasteiger charge is -2.20. The van der Waals surface area contributed by atoms with Crippen LogP contribution in [0.4, 0.5) is 0 Å². The van der Waals surface area contributed by atoms with Gasteiger partial charge in [0.25, 0.3) is 0 Å². The Balaban J connectivity index is 0.997. The summed E-state index contributed by atoms with van der Waals surface area (Å²) in [6.07, 6.45) is 9.17. The molecule has 0 amide bonds. The van der Waals surface area contributed by atoms with E-state index in [9.17, 15) is 0 Å². The number of rotatable bonds is 12. The van der Waals surface area contributed by atoms with Crippen molar-refractivity contribution in [2.24, 2.45) is 0 Å². The molecule has 0 radical (unpaired) electrons. The van der Waals surface area contributed by atoms with E-state index in [2.05, 4.69) is 225 Å². The zero-order valence-electron chi connectivity index (χ0n) is 48.2. The van der Waals surface area contributed by atoms with Gasteiger partial charge < -0.3 is 0 Å². The van der Waals surface area contributed by atoms with E-state index in [1.54, 1.807) is 6.20 Å². The number of nitrogens with zero attached hydrogens (tertiary/aromatic N) is 12. The Kier molecular flexibility index (Phi) is 12.5. The first kappa shape index (κ1) is 51.8. The van der Waals surface area contributed by atoms with Gasteiger partial charge in [-0.05, 0) is 148 Å². The molecule has 0 aliphatic carbocycles. The van der Waals surface area contributed by atoms with Crippen LogP contribution in [0.15, 0.2) is 304 Å². The Morgan fingerprint density at radius 1 is 0.222 bits per heavy atom. The number of aromatic nitrogens is 12. The van der Waals surface area contributed by atoms with Crippen molar-refractivity contribution in [1.82, 2.24) is 58.1 Å². The molecule has 0 fully saturated rings. The van der Waals surface area contributed by atoms with Gasteiger partial charge in [-0.25, -0.2) is 34.9 Å². The fraction of sp³-hybridized carbons (Fsp3) is 0. The molecule has 8 aromatic heterocycles. The van der Waals surface area contributed by atoms with Gasteiger partial charge in [-0.15, -0.1) is 0 Å². The van der Waals surface area contributed by atoms with Gasteiger partial charge in [0, 0.05) is 69.8 Å². The second kappa shape index (κ2) is 21.8. The molecule has 17 rings (SSSR count). The largest absolute Gasteiger partial charge is 0.291 e. The van der Waals surface area contributed by atoms with E-state index in [0.29, 0.717) is 56.8 Å². The van der Waals surface area contributed by atoms with E-state index in [0.717, 1.165) is 101 Å². The molecule has 12 nitrogen and oxygen atoms in total. The first-order chi connectivity index (χ1) is 44.6. The zero-order valence-corrected chi connectivity index (χ0v) is 48.2. The molecule has 9 aromatic carbocycles. The summed E-state index contributed by atoms with van der Waals surface area (Å²) in [5.41, 5.74) is 21.1. The van der Waals surface area contributed by atoms with Crippen molar-refractivity contribution in [3.63, 3.8) is 0 Å². The molecule has 0 aliphatic heterocycles. The van der Waals surface area contributed by atoms with Gasteiger partial charge in [0.15, 0.2) is 16.9 Å². The Morgan fingerprint density at radius 2 is 0.500 bits per heavy atom. The van der Waals surface area contributed by atoms with Crippen molar-refractivity contribution in [2.75, 3.05) is 0 Å². The first-order valence-electron chi connectivity index (χ1n) is 29.8. The standard InChI is InChI=1S/C78H50N12/c1-5-16-51(17-6-1)55-27-35-59(36-28-55)87-71-50-79-47-43-67(71)83-72(87)63-48-65(74-85-69-25-14-45-81-77(69)89(74)61-39-31-57(32-40-61)53-20-9-3-10-21-53)66(75-86-70-26-15-46-82-78(70)90(75)62-41-33-58(34-42-62)54-22-11-4-12-23-54)49-64(63)73-84-68-24-13-44-80-76(68)88(73)60-37-29-56(30-38-60)52-18-7-2-8-19-52/h1-50H. The second-order valence-electron chi connectivity index (χ2n) is 22.1. The number of hydrogen-bond donors (Lipinski definition) is 0. The number of benzene rings is 9. The maximum absolute atomic E-state index is 5.66. The number of imidazole rings is 4. The van der Waals surface area contributed by atoms with Crippen molar-refractivity contribution in [2.45, 2.75) is 0 Å². The Hall–Kier alpha value is -12.5. The van der Waals surface area contributed by atoms with E-state index in [1.807, 2.05) is 91.5 Å². The summed E-state index contributed by atoms with van der Waals surface area (Å²) >= 11 is 0. The molecule has 0 atom stereocenters. The van der Waals surface area contributed by atoms with Crippen LogP contribution in [0.25, 0.3) is 157 Å². The van der Waals surface area contributed by atoms with Crippen molar-refractivity contribution in [1.29, 1.82) is 0 Å². The lowest BCUT2D eigenvalue weighted by Crippen LogP contribution is -2.07. The third-order valence-corrected chi connectivity index (χ3v) is 16.8. The molecular formula is C78H50N12. The maximum Gasteiger partial charge on any atom is 0.164 e. The molecule has 0 saturated carbocycles. The molecule has 0 spiro atoms. The van der Waals surface area contributed by atoms with Crippen LogP contribution in [-0.2, 0) is 0 Å². The number of hydrogen-bond acceptors (Lipinski definition) is 8. The molecule has 0 aliphatic rings. The molecule has 0 unspecified atom stereocenters. The molecule has 8 heterocycles. The van der Waals surface area contributed by atoms with Crippen LogP contribution in [0.1, 0.15) is 0 Å². The zero-order chi connectivity index (χ0) is 59.5. The van der Waals surface area contributed by atoms with Crippen molar-refractivity contribution in [3.05, 3.63) is 304 Å². The lowest BCUT2D eigenvalue weighted by atomic mass is 9.95. The Bertz CT molecular complexity index is 4800. The summed E-state index contributed by atoms with van der Waals surface area (Å²) in [7, 11) is 0. The van der Waals surface area contributed by atoms with Gasteiger partial charge in [0.1, 0.15) is 39.8 Å². The molecule has 0 bridgehead atoms. The summed E-state index contributed by atoms with van der Waals surface area (Å²) in [6, 6.07) is 94.5. The molecule has 0 saturated heterocycles. The van der Waals surface area contributed by atoms with Gasteiger partial charge in [-0.1, -0.05) is 170 Å². The number of pyridine rings is 4. The van der Waals surface area contributed by atoms with Gasteiger partial charge in [0.2, 0.25) is 0 Å². The predicted molar refractivity (Wildman–Crippen MR) is 360 cm³/mol. The monoisotopic (exact) mass is 1150 g/mol. The van der Waals surface area contributed by atoms with Crippen LogP contribution in [0.5, 0.6) is 0 Å². The van der Waals surface area contributed by atoms with Gasteiger partial charge in [-0.2, -0.15) is 0 Å². The fourth-order valence-corrected chi connectivity index (χ4v) is 12.5. The number of fused-ring (bicyclic) bond motifs is 4. The van der Waals surface area contributed by atoms with Crippen molar-refractivity contribution >= 4 is 44.5 Å². The fourth-order valence-electron chi connectivity index (χ4n) is 12.5. The average molecular weight is 1160 g/mol. The lowest BCUT2D eigenvalue weighted by molar-refractivity contribution is 1.05. The highest BCUT2D eigenvalue weighted by Gasteiger charge is 2.30. The van der Waals surface area contributed by atoms with Crippen LogP contribution in [-0.4, -0.2) is 58.1 Å². The van der Waals surface area contributed by atoms with Crippen LogP contribution in [0, 0.1) is 0 Å². The minimum Gasteiger partial charge on any atom is -0.291 e. The van der Waals surface area contributed by atoms with Crippen molar-refractivity contribution in [3.8, 4) is 113 Å². The SMILES string of the molecule is c1ccc(-c2ccc(-n3c(-c4cc(-c5nc6cccnc6n5-c5ccc(-c6ccccc6)cc5)c(-c5nc6cccnc6n5-c5ccc(-c6ccccc6)cc5)cc4-c4nc5cccnc5n4-c4ccc(-c5ccccc5)cc4)nc4ccncc43)cc2)cc1. The topological polar surface area (TPSA) is 123 Å². The normalized spacial score (nSPS) is 11.6. The minimum absolute atomic E-state index is 0.632. The van der Waals surface area contributed by atoms with Crippen LogP contribution >= 0.6 is 0 Å². The summed E-state index contributed by atoms with van der Waals surface area (Å²) in [6.45, 7) is 0. The minimum atomic E-state index is 0.632. The highest BCUT2D eigenvalue weighted by atomic mass is 15.2. The third-order valence-electron chi connectivity index (χ3n) is 16.8. The Labute approximate surface area is 516 Å². The summed E-state index contributed by atoms with van der Waals surface area (Å²) < 4.78 is 8.69. The second-order valence-corrected chi connectivity index (χ2v) is 22.1. The van der Waals surface area contributed by atoms with Gasteiger partial charge in [-0.3, -0.25) is 23.3 Å². The van der Waals surface area contributed by atoms with E-state index >= 15 is 0 Å². The molecule has 90 heavy (non-hydrogen) atoms. The molecule has 0 N–H and O–H groups in total. The van der Waals surface area contributed by atoms with E-state index in [1.165, 1.54) is 0 Å². The first-order valence-corrected chi connectivity index (χ1v) is 29.8. The van der Waals surface area contributed by atoms with Crippen molar-refractivity contribution < 1.29 is 0 Å². The van der Waals surface area contributed by atoms with E-state index in [4.69, 9.17) is 39.9 Å². The quantitative estimate of drug-likeness (QED) is 0.119. The van der Waals surface area contributed by atoms with Crippen LogP contribution < -0.4 is 0 Å². The summed E-state index contributed by atoms with van der Waals surface area (Å²) in [4.78, 5) is 42.6. The van der Waals surface area contributed by atoms with Crippen LogP contribution in [0.3, 0.4) is 0 Å². The highest BCUT2D eigenvalue weighted by molar-refractivity contribution is 5.98. The van der Waals surface area contributed by atoms with Crippen LogP contribution in [0.2, 0.25) is 0 Å². The average Bonchev–Trinajstić information content (AvgIpc) is 1.55. The van der Waals surface area contributed by atoms with Gasteiger partial charge in [0.05, 0.1) is 17.2 Å². The summed E-state index contributed by atoms with van der Waals surface area (Å²) in [5, 5.41) is 0. The van der Waals surface area contributed by atoms with E-state index < -0.39 is 0 Å². The summed E-state index contributed by atoms with van der Waals surface area (Å²) in [5.74, 6) is 2.55. The van der Waals surface area contributed by atoms with E-state index in [-0.39, 0.29) is 0 Å². The third kappa shape index (κ3) is 9.01.